The van der Waals surface area contributed by atoms with E-state index in [2.05, 4.69) is 20.4 Å². The molecule has 0 atom stereocenters. The molecule has 1 aromatic carbocycles. The minimum atomic E-state index is -1.28. The highest BCUT2D eigenvalue weighted by Gasteiger charge is 2.30. The zero-order chi connectivity index (χ0) is 21.5. The lowest BCUT2D eigenvalue weighted by molar-refractivity contribution is 0.101. The molecule has 10 heteroatoms. The maximum absolute atomic E-state index is 13.8. The van der Waals surface area contributed by atoms with Crippen LogP contribution in [0, 0.1) is 17.5 Å². The molecule has 0 saturated heterocycles. The van der Waals surface area contributed by atoms with Gasteiger partial charge in [0.05, 0.1) is 5.69 Å². The summed E-state index contributed by atoms with van der Waals surface area (Å²) >= 11 is 1.48. The maximum Gasteiger partial charge on any atom is 0.262 e. The minimum Gasteiger partial charge on any atom is -0.306 e. The Hall–Kier alpha value is -3.53. The Morgan fingerprint density at radius 1 is 1.13 bits per heavy atom. The summed E-state index contributed by atoms with van der Waals surface area (Å²) < 4.78 is 42.4. The van der Waals surface area contributed by atoms with Gasteiger partial charge in [-0.05, 0) is 25.0 Å². The van der Waals surface area contributed by atoms with E-state index < -0.39 is 28.9 Å². The van der Waals surface area contributed by atoms with E-state index in [1.54, 1.807) is 23.1 Å². The standard InChI is InChI=1S/C21H14F3N5OS/c22-13-7-15(23)18(16(24)8-13)20(30)27-17-4-3-12(9-26-17)14-10-29(21-25-5-6-31-21)28-19(14)11-1-2-11/h3-11H,1-2H2,(H,26,27,30). The summed E-state index contributed by atoms with van der Waals surface area (Å²) in [5.41, 5.74) is 1.80. The predicted molar refractivity (Wildman–Crippen MR) is 109 cm³/mol. The van der Waals surface area contributed by atoms with E-state index in [0.29, 0.717) is 18.1 Å². The fraction of sp³-hybridized carbons (Fsp3) is 0.143. The number of hydrogen-bond acceptors (Lipinski definition) is 5. The van der Waals surface area contributed by atoms with Crippen molar-refractivity contribution >= 4 is 23.1 Å². The number of rotatable bonds is 5. The van der Waals surface area contributed by atoms with E-state index in [-0.39, 0.29) is 5.82 Å². The summed E-state index contributed by atoms with van der Waals surface area (Å²) in [5, 5.41) is 9.65. The Kier molecular flexibility index (Phi) is 4.78. The Morgan fingerprint density at radius 3 is 2.52 bits per heavy atom. The highest BCUT2D eigenvalue weighted by atomic mass is 32.1. The number of carbonyl (C=O) groups is 1. The van der Waals surface area contributed by atoms with Crippen molar-refractivity contribution in [1.29, 1.82) is 0 Å². The van der Waals surface area contributed by atoms with Gasteiger partial charge in [0.1, 0.15) is 28.8 Å². The lowest BCUT2D eigenvalue weighted by Crippen LogP contribution is -2.17. The third kappa shape index (κ3) is 3.81. The average molecular weight is 441 g/mol. The zero-order valence-corrected chi connectivity index (χ0v) is 16.7. The van der Waals surface area contributed by atoms with Crippen LogP contribution in [0.4, 0.5) is 19.0 Å². The molecule has 0 aliphatic heterocycles. The smallest absolute Gasteiger partial charge is 0.262 e. The molecule has 31 heavy (non-hydrogen) atoms. The molecule has 1 fully saturated rings. The van der Waals surface area contributed by atoms with Gasteiger partial charge in [-0.2, -0.15) is 5.10 Å². The molecule has 0 bridgehead atoms. The topological polar surface area (TPSA) is 72.7 Å². The molecule has 3 heterocycles. The summed E-state index contributed by atoms with van der Waals surface area (Å²) in [6, 6.07) is 4.18. The Balaban J connectivity index is 1.40. The third-order valence-corrected chi connectivity index (χ3v) is 5.63. The lowest BCUT2D eigenvalue weighted by atomic mass is 10.1. The molecule has 1 saturated carbocycles. The van der Waals surface area contributed by atoms with Crippen molar-refractivity contribution in [3.05, 3.63) is 76.9 Å². The number of hydrogen-bond donors (Lipinski definition) is 1. The molecule has 0 unspecified atom stereocenters. The van der Waals surface area contributed by atoms with Crippen molar-refractivity contribution in [2.24, 2.45) is 0 Å². The van der Waals surface area contributed by atoms with Crippen LogP contribution in [0.1, 0.15) is 34.8 Å². The highest BCUT2D eigenvalue weighted by Crippen LogP contribution is 2.44. The largest absolute Gasteiger partial charge is 0.306 e. The van der Waals surface area contributed by atoms with Crippen LogP contribution in [0.25, 0.3) is 16.3 Å². The fourth-order valence-electron chi connectivity index (χ4n) is 3.26. The van der Waals surface area contributed by atoms with Gasteiger partial charge in [-0.1, -0.05) is 0 Å². The summed E-state index contributed by atoms with van der Waals surface area (Å²) in [6.07, 6.45) is 7.30. The van der Waals surface area contributed by atoms with Crippen LogP contribution in [0.15, 0.2) is 48.2 Å². The number of aromatic nitrogens is 4. The molecule has 0 spiro atoms. The fourth-order valence-corrected chi connectivity index (χ4v) is 3.83. The van der Waals surface area contributed by atoms with Gasteiger partial charge in [0, 0.05) is 53.1 Å². The van der Waals surface area contributed by atoms with Gasteiger partial charge >= 0.3 is 0 Å². The van der Waals surface area contributed by atoms with E-state index >= 15 is 0 Å². The summed E-state index contributed by atoms with van der Waals surface area (Å²) in [4.78, 5) is 20.7. The van der Waals surface area contributed by atoms with Gasteiger partial charge in [-0.25, -0.2) is 27.8 Å². The van der Waals surface area contributed by atoms with Crippen LogP contribution in [0.3, 0.4) is 0 Å². The average Bonchev–Trinajstić information content (AvgIpc) is 3.24. The predicted octanol–water partition coefficient (Wildman–Crippen LogP) is 4.94. The van der Waals surface area contributed by atoms with Gasteiger partial charge in [0.2, 0.25) is 5.13 Å². The number of nitrogens with one attached hydrogen (secondary N) is 1. The van der Waals surface area contributed by atoms with Crippen LogP contribution in [0.5, 0.6) is 0 Å². The van der Waals surface area contributed by atoms with E-state index in [1.807, 2.05) is 11.6 Å². The number of pyridine rings is 1. The van der Waals surface area contributed by atoms with E-state index in [0.717, 1.165) is 34.8 Å². The quantitative estimate of drug-likeness (QED) is 0.476. The van der Waals surface area contributed by atoms with Crippen molar-refractivity contribution in [3.8, 4) is 16.3 Å². The lowest BCUT2D eigenvalue weighted by Gasteiger charge is -2.08. The second kappa shape index (κ2) is 7.62. The van der Waals surface area contributed by atoms with Crippen molar-refractivity contribution in [2.45, 2.75) is 18.8 Å². The Morgan fingerprint density at radius 2 is 1.90 bits per heavy atom. The van der Waals surface area contributed by atoms with Crippen LogP contribution in [0.2, 0.25) is 0 Å². The molecule has 6 nitrogen and oxygen atoms in total. The molecule has 156 valence electrons. The first-order valence-corrected chi connectivity index (χ1v) is 10.3. The monoisotopic (exact) mass is 441 g/mol. The minimum absolute atomic E-state index is 0.108. The molecule has 3 aromatic heterocycles. The number of carbonyl (C=O) groups excluding carboxylic acids is 1. The van der Waals surface area contributed by atoms with E-state index in [4.69, 9.17) is 0 Å². The molecule has 4 aromatic rings. The van der Waals surface area contributed by atoms with Crippen molar-refractivity contribution < 1.29 is 18.0 Å². The van der Waals surface area contributed by atoms with Gasteiger partial charge in [0.25, 0.3) is 5.91 Å². The van der Waals surface area contributed by atoms with Gasteiger partial charge in [0.15, 0.2) is 0 Å². The summed E-state index contributed by atoms with van der Waals surface area (Å²) in [5.74, 6) is -4.22. The maximum atomic E-state index is 13.8. The van der Waals surface area contributed by atoms with Crippen molar-refractivity contribution in [2.75, 3.05) is 5.32 Å². The molecular formula is C21H14F3N5OS. The van der Waals surface area contributed by atoms with Gasteiger partial charge in [-0.3, -0.25) is 4.79 Å². The zero-order valence-electron chi connectivity index (χ0n) is 15.8. The van der Waals surface area contributed by atoms with E-state index in [9.17, 15) is 18.0 Å². The molecular weight excluding hydrogens is 427 g/mol. The second-order valence-corrected chi connectivity index (χ2v) is 7.97. The normalized spacial score (nSPS) is 13.4. The first-order valence-electron chi connectivity index (χ1n) is 9.41. The molecule has 0 radical (unpaired) electrons. The van der Waals surface area contributed by atoms with Crippen molar-refractivity contribution in [1.82, 2.24) is 19.7 Å². The summed E-state index contributed by atoms with van der Waals surface area (Å²) in [6.45, 7) is 0. The van der Waals surface area contributed by atoms with Crippen LogP contribution < -0.4 is 5.32 Å². The number of thiazole rings is 1. The van der Waals surface area contributed by atoms with Crippen LogP contribution >= 0.6 is 11.3 Å². The molecule has 1 N–H and O–H groups in total. The molecule has 1 aliphatic rings. The van der Waals surface area contributed by atoms with Gasteiger partial charge in [-0.15, -0.1) is 11.3 Å². The Labute approximate surface area is 178 Å². The third-order valence-electron chi connectivity index (χ3n) is 4.87. The van der Waals surface area contributed by atoms with Gasteiger partial charge < -0.3 is 5.32 Å². The number of nitrogens with zero attached hydrogens (tertiary/aromatic N) is 4. The van der Waals surface area contributed by atoms with Crippen molar-refractivity contribution in [3.63, 3.8) is 0 Å². The van der Waals surface area contributed by atoms with Crippen LogP contribution in [-0.2, 0) is 0 Å². The first-order chi connectivity index (χ1) is 15.0. The second-order valence-electron chi connectivity index (χ2n) is 7.09. The molecule has 5 rings (SSSR count). The molecule has 1 aliphatic carbocycles. The highest BCUT2D eigenvalue weighted by molar-refractivity contribution is 7.12. The first kappa shape index (κ1) is 19.4. The Bertz CT molecular complexity index is 1240. The number of amides is 1. The molecule has 1 amide bonds. The van der Waals surface area contributed by atoms with Crippen LogP contribution in [-0.4, -0.2) is 25.7 Å². The SMILES string of the molecule is O=C(Nc1ccc(-c2cn(-c3nccs3)nc2C2CC2)cn1)c1c(F)cc(F)cc1F. The number of halogens is 3. The summed E-state index contributed by atoms with van der Waals surface area (Å²) in [7, 11) is 0. The van der Waals surface area contributed by atoms with E-state index in [1.165, 1.54) is 17.4 Å². The number of anilines is 1. The number of benzene rings is 1.